The van der Waals surface area contributed by atoms with Crippen LogP contribution in [0.25, 0.3) is 0 Å². The first-order valence-corrected chi connectivity index (χ1v) is 14.0. The SMILES string of the molecule is O=C(CCC/C=C\C[C@@H]1[C@@H](/C=C/[C@@H](O)COc2cccc(Cl)c2)[C@H](O)C[C@@H]1O)NCC(=O)OCCCCO[N+](=O)[O-]. The molecule has 1 amide bonds. The number of esters is 1. The van der Waals surface area contributed by atoms with Crippen molar-refractivity contribution in [3.05, 3.63) is 63.7 Å². The zero-order valence-electron chi connectivity index (χ0n) is 22.8. The first-order chi connectivity index (χ1) is 19.7. The van der Waals surface area contributed by atoms with Crippen LogP contribution in [0.15, 0.2) is 48.6 Å². The molecule has 2 rings (SSSR count). The molecule has 1 aliphatic rings. The van der Waals surface area contributed by atoms with Gasteiger partial charge in [-0.1, -0.05) is 42.0 Å². The van der Waals surface area contributed by atoms with Crippen LogP contribution in [0.4, 0.5) is 0 Å². The van der Waals surface area contributed by atoms with Crippen molar-refractivity contribution < 1.29 is 44.3 Å². The van der Waals surface area contributed by atoms with Crippen molar-refractivity contribution in [1.82, 2.24) is 5.32 Å². The third-order valence-electron chi connectivity index (χ3n) is 6.47. The fraction of sp³-hybridized carbons (Fsp3) is 0.571. The minimum absolute atomic E-state index is 0.0190. The number of nitrogens with one attached hydrogen (secondary N) is 1. The molecule has 1 aromatic rings. The van der Waals surface area contributed by atoms with Crippen LogP contribution in [0.5, 0.6) is 5.75 Å². The molecule has 4 N–H and O–H groups in total. The number of carbonyl (C=O) groups is 2. The average molecular weight is 599 g/mol. The number of allylic oxidation sites excluding steroid dienone is 2. The molecule has 0 aromatic heterocycles. The standard InChI is InChI=1S/C28H39ClN2O10/c29-20-8-7-9-22(16-20)40-19-21(32)12-13-24-23(25(33)17-26(24)34)10-3-1-2-4-11-27(35)30-18-28(36)39-14-5-6-15-41-31(37)38/h1,3,7-9,12-13,16,21,23-26,32-34H,2,4-6,10-11,14-15,17-19H2,(H,30,35)/b3-1-,13-12+/t21-,23-,24-,25+,26-/m1/s1. The van der Waals surface area contributed by atoms with Crippen LogP contribution in [0.2, 0.25) is 5.02 Å². The average Bonchev–Trinajstić information content (AvgIpc) is 3.20. The number of aliphatic hydroxyl groups excluding tert-OH is 3. The molecule has 41 heavy (non-hydrogen) atoms. The van der Waals surface area contributed by atoms with Gasteiger partial charge in [0.2, 0.25) is 5.91 Å². The molecular weight excluding hydrogens is 560 g/mol. The van der Waals surface area contributed by atoms with Gasteiger partial charge in [-0.15, -0.1) is 10.1 Å². The predicted molar refractivity (Wildman–Crippen MR) is 149 cm³/mol. The molecule has 1 aliphatic carbocycles. The highest BCUT2D eigenvalue weighted by atomic mass is 35.5. The summed E-state index contributed by atoms with van der Waals surface area (Å²) in [6, 6.07) is 6.85. The second kappa shape index (κ2) is 19.0. The molecular formula is C28H39ClN2O10. The highest BCUT2D eigenvalue weighted by Crippen LogP contribution is 2.36. The molecule has 228 valence electrons. The normalized spacial score (nSPS) is 21.2. The van der Waals surface area contributed by atoms with Crippen LogP contribution in [-0.2, 0) is 19.2 Å². The van der Waals surface area contributed by atoms with Crippen molar-refractivity contribution in [1.29, 1.82) is 0 Å². The Morgan fingerprint density at radius 1 is 1.17 bits per heavy atom. The van der Waals surface area contributed by atoms with Gasteiger partial charge in [0.1, 0.15) is 25.0 Å². The quantitative estimate of drug-likeness (QED) is 0.0608. The highest BCUT2D eigenvalue weighted by molar-refractivity contribution is 6.30. The van der Waals surface area contributed by atoms with E-state index in [2.05, 4.69) is 10.2 Å². The molecule has 1 saturated carbocycles. The summed E-state index contributed by atoms with van der Waals surface area (Å²) >= 11 is 5.93. The third-order valence-corrected chi connectivity index (χ3v) is 6.70. The van der Waals surface area contributed by atoms with E-state index in [0.717, 1.165) is 0 Å². The first-order valence-electron chi connectivity index (χ1n) is 13.6. The van der Waals surface area contributed by atoms with Gasteiger partial charge in [-0.2, -0.15) is 0 Å². The van der Waals surface area contributed by atoms with Crippen LogP contribution in [0.1, 0.15) is 44.9 Å². The van der Waals surface area contributed by atoms with Gasteiger partial charge < -0.3 is 34.9 Å². The third kappa shape index (κ3) is 14.3. The lowest BCUT2D eigenvalue weighted by molar-refractivity contribution is -0.757. The van der Waals surface area contributed by atoms with E-state index in [9.17, 15) is 35.0 Å². The maximum atomic E-state index is 11.9. The Balaban J connectivity index is 1.62. The van der Waals surface area contributed by atoms with Gasteiger partial charge in [0.25, 0.3) is 5.09 Å². The Bertz CT molecular complexity index is 1020. The summed E-state index contributed by atoms with van der Waals surface area (Å²) in [6.07, 6.45) is 7.79. The fourth-order valence-corrected chi connectivity index (χ4v) is 4.53. The molecule has 0 aliphatic heterocycles. The fourth-order valence-electron chi connectivity index (χ4n) is 4.35. The van der Waals surface area contributed by atoms with Crippen LogP contribution in [0.3, 0.4) is 0 Å². The molecule has 0 bridgehead atoms. The number of nitrogens with zero attached hydrogens (tertiary/aromatic N) is 1. The number of amides is 1. The number of benzene rings is 1. The number of hydrogen-bond acceptors (Lipinski definition) is 10. The first kappa shape index (κ1) is 34.0. The minimum Gasteiger partial charge on any atom is -0.491 e. The van der Waals surface area contributed by atoms with Gasteiger partial charge in [-0.05, 0) is 56.2 Å². The van der Waals surface area contributed by atoms with Gasteiger partial charge in [0, 0.05) is 23.8 Å². The molecule has 0 heterocycles. The van der Waals surface area contributed by atoms with Gasteiger partial charge in [0.05, 0.1) is 25.4 Å². The second-order valence-electron chi connectivity index (χ2n) is 9.69. The molecule has 1 fully saturated rings. The monoisotopic (exact) mass is 598 g/mol. The minimum atomic E-state index is -0.897. The molecule has 12 nitrogen and oxygen atoms in total. The van der Waals surface area contributed by atoms with Gasteiger partial charge in [-0.3, -0.25) is 9.59 Å². The number of unbranched alkanes of at least 4 members (excludes halogenated alkanes) is 2. The van der Waals surface area contributed by atoms with Crippen LogP contribution < -0.4 is 10.1 Å². The summed E-state index contributed by atoms with van der Waals surface area (Å²) in [5, 5.41) is 43.2. The summed E-state index contributed by atoms with van der Waals surface area (Å²) in [4.78, 5) is 37.7. The Kier molecular flexibility index (Phi) is 15.8. The topological polar surface area (TPSA) is 178 Å². The summed E-state index contributed by atoms with van der Waals surface area (Å²) < 4.78 is 10.5. The summed E-state index contributed by atoms with van der Waals surface area (Å²) in [5.41, 5.74) is 0. The van der Waals surface area contributed by atoms with E-state index in [1.54, 1.807) is 36.4 Å². The lowest BCUT2D eigenvalue weighted by Gasteiger charge is -2.19. The van der Waals surface area contributed by atoms with Crippen molar-refractivity contribution in [2.24, 2.45) is 11.8 Å². The number of aliphatic hydroxyl groups is 3. The molecule has 5 atom stereocenters. The van der Waals surface area contributed by atoms with Crippen LogP contribution in [-0.4, -0.2) is 77.0 Å². The van der Waals surface area contributed by atoms with Crippen molar-refractivity contribution in [2.75, 3.05) is 26.4 Å². The van der Waals surface area contributed by atoms with E-state index in [4.69, 9.17) is 21.1 Å². The van der Waals surface area contributed by atoms with Gasteiger partial charge in [0.15, 0.2) is 0 Å². The van der Waals surface area contributed by atoms with Crippen molar-refractivity contribution in [3.63, 3.8) is 0 Å². The van der Waals surface area contributed by atoms with Gasteiger partial charge >= 0.3 is 5.97 Å². The number of rotatable bonds is 19. The maximum Gasteiger partial charge on any atom is 0.325 e. The van der Waals surface area contributed by atoms with Crippen LogP contribution in [0, 0.1) is 22.0 Å². The largest absolute Gasteiger partial charge is 0.491 e. The van der Waals surface area contributed by atoms with Crippen LogP contribution >= 0.6 is 11.6 Å². The smallest absolute Gasteiger partial charge is 0.325 e. The summed E-state index contributed by atoms with van der Waals surface area (Å²) in [5.74, 6) is -0.872. The second-order valence-corrected chi connectivity index (χ2v) is 10.1. The summed E-state index contributed by atoms with van der Waals surface area (Å²) in [6.45, 7) is -0.213. The molecule has 1 aromatic carbocycles. The molecule has 0 unspecified atom stereocenters. The summed E-state index contributed by atoms with van der Waals surface area (Å²) in [7, 11) is 0. The van der Waals surface area contributed by atoms with Crippen molar-refractivity contribution in [3.8, 4) is 5.75 Å². The van der Waals surface area contributed by atoms with Gasteiger partial charge in [-0.25, -0.2) is 0 Å². The van der Waals surface area contributed by atoms with E-state index >= 15 is 0 Å². The number of carbonyl (C=O) groups excluding carboxylic acids is 2. The van der Waals surface area contributed by atoms with E-state index in [1.807, 2.05) is 12.2 Å². The number of hydrogen-bond donors (Lipinski definition) is 4. The lowest BCUT2D eigenvalue weighted by atomic mass is 9.89. The number of halogens is 1. The molecule has 0 radical (unpaired) electrons. The Morgan fingerprint density at radius 2 is 1.95 bits per heavy atom. The van der Waals surface area contributed by atoms with E-state index < -0.39 is 29.4 Å². The Hall–Kier alpha value is -3.19. The zero-order valence-corrected chi connectivity index (χ0v) is 23.6. The Morgan fingerprint density at radius 3 is 2.71 bits per heavy atom. The Labute approximate surface area is 244 Å². The highest BCUT2D eigenvalue weighted by Gasteiger charge is 2.39. The maximum absolute atomic E-state index is 11.9. The van der Waals surface area contributed by atoms with Crippen molar-refractivity contribution >= 4 is 23.5 Å². The molecule has 0 saturated heterocycles. The lowest BCUT2D eigenvalue weighted by Crippen LogP contribution is -2.30. The van der Waals surface area contributed by atoms with Crippen molar-refractivity contribution in [2.45, 2.75) is 63.3 Å². The number of ether oxygens (including phenoxy) is 2. The zero-order chi connectivity index (χ0) is 30.0. The van der Waals surface area contributed by atoms with E-state index in [-0.39, 0.29) is 57.0 Å². The van der Waals surface area contributed by atoms with E-state index in [1.165, 1.54) is 0 Å². The predicted octanol–water partition coefficient (Wildman–Crippen LogP) is 2.76. The molecule has 13 heteroatoms. The molecule has 0 spiro atoms. The van der Waals surface area contributed by atoms with E-state index in [0.29, 0.717) is 42.9 Å².